The number of hydrogen-bond acceptors (Lipinski definition) is 3. The van der Waals surface area contributed by atoms with Gasteiger partial charge in [-0.15, -0.1) is 0 Å². The fourth-order valence-corrected chi connectivity index (χ4v) is 2.72. The van der Waals surface area contributed by atoms with Crippen molar-refractivity contribution in [2.24, 2.45) is 11.7 Å². The summed E-state index contributed by atoms with van der Waals surface area (Å²) in [6, 6.07) is 1.07. The van der Waals surface area contributed by atoms with Gasteiger partial charge < -0.3 is 10.5 Å². The van der Waals surface area contributed by atoms with Crippen LogP contribution in [0.3, 0.4) is 0 Å². The number of ether oxygens (including phenoxy) is 1. The fourth-order valence-electron chi connectivity index (χ4n) is 2.72. The zero-order valence-corrected chi connectivity index (χ0v) is 11.1. The van der Waals surface area contributed by atoms with Crippen LogP contribution in [0.1, 0.15) is 40.0 Å². The van der Waals surface area contributed by atoms with Crippen LogP contribution in [0.5, 0.6) is 0 Å². The third kappa shape index (κ3) is 3.72. The molecule has 0 amide bonds. The standard InChI is InChI=1S/C13H28N2O/c1-4-12-6-7-15(13(8-12)9-14)11(3)10-16-5-2/h11-13H,4-10,14H2,1-3H3. The minimum Gasteiger partial charge on any atom is -0.380 e. The van der Waals surface area contributed by atoms with Crippen molar-refractivity contribution in [1.82, 2.24) is 4.90 Å². The summed E-state index contributed by atoms with van der Waals surface area (Å²) >= 11 is 0. The van der Waals surface area contributed by atoms with Gasteiger partial charge in [0.15, 0.2) is 0 Å². The molecular weight excluding hydrogens is 200 g/mol. The Morgan fingerprint density at radius 2 is 2.19 bits per heavy atom. The van der Waals surface area contributed by atoms with E-state index >= 15 is 0 Å². The van der Waals surface area contributed by atoms with Gasteiger partial charge in [0.2, 0.25) is 0 Å². The molecule has 1 aliphatic heterocycles. The highest BCUT2D eigenvalue weighted by Gasteiger charge is 2.29. The van der Waals surface area contributed by atoms with E-state index in [0.29, 0.717) is 12.1 Å². The van der Waals surface area contributed by atoms with E-state index in [4.69, 9.17) is 10.5 Å². The molecule has 0 saturated carbocycles. The molecule has 2 N–H and O–H groups in total. The zero-order valence-electron chi connectivity index (χ0n) is 11.1. The van der Waals surface area contributed by atoms with Gasteiger partial charge in [-0.05, 0) is 39.2 Å². The summed E-state index contributed by atoms with van der Waals surface area (Å²) in [5.41, 5.74) is 5.89. The smallest absolute Gasteiger partial charge is 0.0619 e. The second-order valence-corrected chi connectivity index (χ2v) is 4.93. The summed E-state index contributed by atoms with van der Waals surface area (Å²) in [4.78, 5) is 2.54. The highest BCUT2D eigenvalue weighted by Crippen LogP contribution is 2.26. The van der Waals surface area contributed by atoms with Gasteiger partial charge in [-0.3, -0.25) is 4.90 Å². The average molecular weight is 228 g/mol. The molecule has 1 saturated heterocycles. The maximum atomic E-state index is 5.89. The third-order valence-electron chi connectivity index (χ3n) is 3.85. The number of nitrogens with zero attached hydrogens (tertiary/aromatic N) is 1. The predicted octanol–water partition coefficient (Wildman–Crippen LogP) is 1.86. The van der Waals surface area contributed by atoms with E-state index in [1.54, 1.807) is 0 Å². The first-order valence-electron chi connectivity index (χ1n) is 6.76. The molecular formula is C13H28N2O. The van der Waals surface area contributed by atoms with Crippen LogP contribution in [0, 0.1) is 5.92 Å². The number of hydrogen-bond donors (Lipinski definition) is 1. The molecule has 0 aliphatic carbocycles. The first kappa shape index (κ1) is 13.9. The van der Waals surface area contributed by atoms with E-state index in [1.807, 2.05) is 0 Å². The van der Waals surface area contributed by atoms with Crippen LogP contribution < -0.4 is 5.73 Å². The van der Waals surface area contributed by atoms with Crippen molar-refractivity contribution in [2.45, 2.75) is 52.1 Å². The number of likely N-dealkylation sites (tertiary alicyclic amines) is 1. The largest absolute Gasteiger partial charge is 0.380 e. The van der Waals surface area contributed by atoms with E-state index in [0.717, 1.165) is 25.7 Å². The van der Waals surface area contributed by atoms with E-state index in [-0.39, 0.29) is 0 Å². The van der Waals surface area contributed by atoms with Gasteiger partial charge in [0, 0.05) is 25.2 Å². The monoisotopic (exact) mass is 228 g/mol. The molecule has 96 valence electrons. The van der Waals surface area contributed by atoms with Crippen LogP contribution in [-0.4, -0.2) is 43.3 Å². The Morgan fingerprint density at radius 3 is 2.75 bits per heavy atom. The molecule has 0 aromatic heterocycles. The van der Waals surface area contributed by atoms with Crippen molar-refractivity contribution in [3.8, 4) is 0 Å². The van der Waals surface area contributed by atoms with E-state index < -0.39 is 0 Å². The summed E-state index contributed by atoms with van der Waals surface area (Å²) < 4.78 is 5.51. The molecule has 3 atom stereocenters. The summed E-state index contributed by atoms with van der Waals surface area (Å²) in [5, 5.41) is 0. The lowest BCUT2D eigenvalue weighted by molar-refractivity contribution is 0.0232. The Morgan fingerprint density at radius 1 is 1.44 bits per heavy atom. The second kappa shape index (κ2) is 7.25. The molecule has 0 aromatic carbocycles. The Bertz CT molecular complexity index is 187. The van der Waals surface area contributed by atoms with E-state index in [1.165, 1.54) is 25.8 Å². The van der Waals surface area contributed by atoms with Crippen molar-refractivity contribution in [1.29, 1.82) is 0 Å². The molecule has 3 heteroatoms. The zero-order chi connectivity index (χ0) is 12.0. The molecule has 0 radical (unpaired) electrons. The van der Waals surface area contributed by atoms with Crippen molar-refractivity contribution in [3.63, 3.8) is 0 Å². The number of rotatable bonds is 6. The molecule has 0 spiro atoms. The SMILES string of the molecule is CCOCC(C)N1CCC(CC)CC1CN. The van der Waals surface area contributed by atoms with Crippen LogP contribution in [-0.2, 0) is 4.74 Å². The first-order valence-corrected chi connectivity index (χ1v) is 6.76. The van der Waals surface area contributed by atoms with Gasteiger partial charge in [-0.1, -0.05) is 13.3 Å². The minimum atomic E-state index is 0.506. The molecule has 1 aliphatic rings. The van der Waals surface area contributed by atoms with Crippen LogP contribution in [0.15, 0.2) is 0 Å². The van der Waals surface area contributed by atoms with Crippen LogP contribution in [0.2, 0.25) is 0 Å². The fraction of sp³-hybridized carbons (Fsp3) is 1.00. The molecule has 16 heavy (non-hydrogen) atoms. The Hall–Kier alpha value is -0.120. The Labute approximate surface area is 100 Å². The molecule has 1 fully saturated rings. The van der Waals surface area contributed by atoms with Gasteiger partial charge in [-0.2, -0.15) is 0 Å². The quantitative estimate of drug-likeness (QED) is 0.754. The van der Waals surface area contributed by atoms with Crippen LogP contribution in [0.4, 0.5) is 0 Å². The van der Waals surface area contributed by atoms with Crippen molar-refractivity contribution < 1.29 is 4.74 Å². The van der Waals surface area contributed by atoms with Gasteiger partial charge in [-0.25, -0.2) is 0 Å². The summed E-state index contributed by atoms with van der Waals surface area (Å²) in [7, 11) is 0. The summed E-state index contributed by atoms with van der Waals surface area (Å²) in [5.74, 6) is 0.879. The molecule has 0 bridgehead atoms. The van der Waals surface area contributed by atoms with Gasteiger partial charge >= 0.3 is 0 Å². The van der Waals surface area contributed by atoms with E-state index in [9.17, 15) is 0 Å². The van der Waals surface area contributed by atoms with Crippen molar-refractivity contribution >= 4 is 0 Å². The maximum Gasteiger partial charge on any atom is 0.0619 e. The predicted molar refractivity (Wildman–Crippen MR) is 68.5 cm³/mol. The van der Waals surface area contributed by atoms with Crippen molar-refractivity contribution in [3.05, 3.63) is 0 Å². The highest BCUT2D eigenvalue weighted by molar-refractivity contribution is 4.85. The highest BCUT2D eigenvalue weighted by atomic mass is 16.5. The lowest BCUT2D eigenvalue weighted by atomic mass is 9.88. The number of nitrogens with two attached hydrogens (primary N) is 1. The van der Waals surface area contributed by atoms with Gasteiger partial charge in [0.1, 0.15) is 0 Å². The first-order chi connectivity index (χ1) is 7.72. The molecule has 3 nitrogen and oxygen atoms in total. The van der Waals surface area contributed by atoms with Crippen LogP contribution in [0.25, 0.3) is 0 Å². The molecule has 1 rings (SSSR count). The minimum absolute atomic E-state index is 0.506. The van der Waals surface area contributed by atoms with Crippen LogP contribution >= 0.6 is 0 Å². The second-order valence-electron chi connectivity index (χ2n) is 4.93. The Balaban J connectivity index is 2.45. The molecule has 3 unspecified atom stereocenters. The average Bonchev–Trinajstić information content (AvgIpc) is 2.34. The number of piperidine rings is 1. The lowest BCUT2D eigenvalue weighted by Crippen LogP contribution is -2.51. The maximum absolute atomic E-state index is 5.89. The summed E-state index contributed by atoms with van der Waals surface area (Å²) in [6.45, 7) is 10.2. The normalized spacial score (nSPS) is 29.2. The van der Waals surface area contributed by atoms with Gasteiger partial charge in [0.05, 0.1) is 6.61 Å². The third-order valence-corrected chi connectivity index (χ3v) is 3.85. The molecule has 0 aromatic rings. The molecule has 1 heterocycles. The van der Waals surface area contributed by atoms with Gasteiger partial charge in [0.25, 0.3) is 0 Å². The van der Waals surface area contributed by atoms with E-state index in [2.05, 4.69) is 25.7 Å². The topological polar surface area (TPSA) is 38.5 Å². The van der Waals surface area contributed by atoms with Crippen molar-refractivity contribution in [2.75, 3.05) is 26.3 Å². The lowest BCUT2D eigenvalue weighted by Gasteiger charge is -2.42. The summed E-state index contributed by atoms with van der Waals surface area (Å²) in [6.07, 6.45) is 3.89. The Kier molecular flexibility index (Phi) is 6.32.